The molecule has 1 aliphatic rings. The molecule has 120 valence electrons. The number of likely N-dealkylation sites (N-methyl/N-ethyl adjacent to an activating group) is 1. The summed E-state index contributed by atoms with van der Waals surface area (Å²) in [4.78, 5) is 2.04. The van der Waals surface area contributed by atoms with E-state index in [0.717, 1.165) is 31.6 Å². The molecule has 1 aliphatic heterocycles. The summed E-state index contributed by atoms with van der Waals surface area (Å²) in [5, 5.41) is 19.0. The van der Waals surface area contributed by atoms with Gasteiger partial charge in [-0.05, 0) is 37.6 Å². The molecule has 1 heterocycles. The van der Waals surface area contributed by atoms with Gasteiger partial charge in [0.25, 0.3) is 0 Å². The van der Waals surface area contributed by atoms with Gasteiger partial charge in [-0.1, -0.05) is 12.1 Å². The number of nitrogens with zero attached hydrogens (tertiary/aromatic N) is 2. The van der Waals surface area contributed by atoms with Crippen molar-refractivity contribution in [2.45, 2.75) is 31.6 Å². The fourth-order valence-electron chi connectivity index (χ4n) is 2.62. The van der Waals surface area contributed by atoms with Crippen molar-refractivity contribution in [3.8, 4) is 6.07 Å². The van der Waals surface area contributed by atoms with Gasteiger partial charge in [0.1, 0.15) is 0 Å². The highest BCUT2D eigenvalue weighted by Gasteiger charge is 2.16. The summed E-state index contributed by atoms with van der Waals surface area (Å²) in [6, 6.07) is 9.68. The smallest absolute Gasteiger partial charge is 0.0991 e. The molecular formula is C17H24N2O3. The first-order valence-electron chi connectivity index (χ1n) is 7.72. The molecule has 1 aromatic rings. The first-order chi connectivity index (χ1) is 10.7. The summed E-state index contributed by atoms with van der Waals surface area (Å²) in [6.07, 6.45) is 1.51. The van der Waals surface area contributed by atoms with Crippen LogP contribution in [0, 0.1) is 11.3 Å². The van der Waals surface area contributed by atoms with Crippen LogP contribution in [0.4, 0.5) is 0 Å². The predicted molar refractivity (Wildman–Crippen MR) is 83.3 cm³/mol. The van der Waals surface area contributed by atoms with Gasteiger partial charge in [-0.3, -0.25) is 4.90 Å². The monoisotopic (exact) mass is 304 g/mol. The van der Waals surface area contributed by atoms with Crippen molar-refractivity contribution in [1.29, 1.82) is 5.26 Å². The molecule has 5 nitrogen and oxygen atoms in total. The van der Waals surface area contributed by atoms with Gasteiger partial charge in [-0.15, -0.1) is 0 Å². The molecule has 5 heteroatoms. The van der Waals surface area contributed by atoms with E-state index in [1.807, 2.05) is 30.1 Å². The number of nitriles is 1. The molecular weight excluding hydrogens is 280 g/mol. The molecule has 0 aliphatic carbocycles. The number of aliphatic hydroxyl groups excluding tert-OH is 1. The van der Waals surface area contributed by atoms with E-state index in [-0.39, 0.29) is 6.10 Å². The van der Waals surface area contributed by atoms with Gasteiger partial charge in [-0.25, -0.2) is 0 Å². The van der Waals surface area contributed by atoms with Gasteiger partial charge in [-0.2, -0.15) is 5.26 Å². The lowest BCUT2D eigenvalue weighted by Gasteiger charge is -2.25. The number of ether oxygens (including phenoxy) is 2. The minimum absolute atomic E-state index is 0.209. The largest absolute Gasteiger partial charge is 0.389 e. The fourth-order valence-corrected chi connectivity index (χ4v) is 2.62. The molecule has 1 N–H and O–H groups in total. The second-order valence-corrected chi connectivity index (χ2v) is 5.81. The molecule has 1 saturated heterocycles. The molecule has 0 spiro atoms. The van der Waals surface area contributed by atoms with Crippen LogP contribution in [-0.4, -0.2) is 55.6 Å². The van der Waals surface area contributed by atoms with E-state index in [0.29, 0.717) is 25.3 Å². The lowest BCUT2D eigenvalue weighted by Crippen LogP contribution is -2.34. The van der Waals surface area contributed by atoms with Crippen molar-refractivity contribution < 1.29 is 14.6 Å². The summed E-state index contributed by atoms with van der Waals surface area (Å²) in [6.45, 7) is 3.09. The highest BCUT2D eigenvalue weighted by atomic mass is 16.5. The average molecular weight is 304 g/mol. The Morgan fingerprint density at radius 3 is 2.95 bits per heavy atom. The maximum atomic E-state index is 10.1. The molecule has 1 fully saturated rings. The molecule has 22 heavy (non-hydrogen) atoms. The highest BCUT2D eigenvalue weighted by molar-refractivity contribution is 5.32. The minimum Gasteiger partial charge on any atom is -0.389 e. The number of hydrogen-bond donors (Lipinski definition) is 1. The quantitative estimate of drug-likeness (QED) is 0.828. The van der Waals surface area contributed by atoms with E-state index in [1.165, 1.54) is 0 Å². The van der Waals surface area contributed by atoms with Crippen molar-refractivity contribution in [2.75, 3.05) is 33.4 Å². The Kier molecular flexibility index (Phi) is 6.81. The Balaban J connectivity index is 1.71. The molecule has 0 aromatic heterocycles. The summed E-state index contributed by atoms with van der Waals surface area (Å²) < 4.78 is 11.0. The molecule has 1 aromatic carbocycles. The maximum absolute atomic E-state index is 10.1. The Morgan fingerprint density at radius 1 is 1.45 bits per heavy atom. The van der Waals surface area contributed by atoms with Crippen molar-refractivity contribution in [1.82, 2.24) is 4.90 Å². The molecule has 0 saturated carbocycles. The normalized spacial score (nSPS) is 17.4. The first-order valence-corrected chi connectivity index (χ1v) is 7.72. The standard InChI is InChI=1S/C17H24N2O3/c1-19(11-15-4-2-3-14(9-15)10-18)12-16(20)13-22-17-5-7-21-8-6-17/h2-4,9,16-17,20H,5-8,11-13H2,1H3. The van der Waals surface area contributed by atoms with Crippen LogP contribution in [0.2, 0.25) is 0 Å². The van der Waals surface area contributed by atoms with Gasteiger partial charge in [0.15, 0.2) is 0 Å². The zero-order valence-corrected chi connectivity index (χ0v) is 13.1. The predicted octanol–water partition coefficient (Wildman–Crippen LogP) is 1.55. The van der Waals surface area contributed by atoms with Crippen LogP contribution in [0.3, 0.4) is 0 Å². The topological polar surface area (TPSA) is 65.7 Å². The Hall–Kier alpha value is -1.45. The number of benzene rings is 1. The van der Waals surface area contributed by atoms with Crippen LogP contribution >= 0.6 is 0 Å². The SMILES string of the molecule is CN(Cc1cccc(C#N)c1)CC(O)COC1CCOCC1. The zero-order chi connectivity index (χ0) is 15.8. The third-order valence-corrected chi connectivity index (χ3v) is 3.72. The van der Waals surface area contributed by atoms with Crippen molar-refractivity contribution in [2.24, 2.45) is 0 Å². The van der Waals surface area contributed by atoms with E-state index in [4.69, 9.17) is 14.7 Å². The molecule has 0 bridgehead atoms. The van der Waals surface area contributed by atoms with Gasteiger partial charge < -0.3 is 14.6 Å². The number of aliphatic hydroxyl groups is 1. The zero-order valence-electron chi connectivity index (χ0n) is 13.1. The van der Waals surface area contributed by atoms with Gasteiger partial charge in [0.05, 0.1) is 30.4 Å². The van der Waals surface area contributed by atoms with Crippen molar-refractivity contribution in [3.63, 3.8) is 0 Å². The molecule has 1 atom stereocenters. The van der Waals surface area contributed by atoms with Gasteiger partial charge in [0.2, 0.25) is 0 Å². The van der Waals surface area contributed by atoms with Crippen LogP contribution in [0.1, 0.15) is 24.0 Å². The fraction of sp³-hybridized carbons (Fsp3) is 0.588. The van der Waals surface area contributed by atoms with E-state index < -0.39 is 6.10 Å². The average Bonchev–Trinajstić information content (AvgIpc) is 2.54. The molecule has 0 amide bonds. The Morgan fingerprint density at radius 2 is 2.23 bits per heavy atom. The molecule has 1 unspecified atom stereocenters. The van der Waals surface area contributed by atoms with E-state index in [2.05, 4.69) is 6.07 Å². The summed E-state index contributed by atoms with van der Waals surface area (Å²) in [5.74, 6) is 0. The van der Waals surface area contributed by atoms with Crippen LogP contribution in [0.15, 0.2) is 24.3 Å². The Bertz CT molecular complexity index is 495. The van der Waals surface area contributed by atoms with Crippen LogP contribution in [0.5, 0.6) is 0 Å². The lowest BCUT2D eigenvalue weighted by atomic mass is 10.1. The van der Waals surface area contributed by atoms with Crippen LogP contribution in [0.25, 0.3) is 0 Å². The second-order valence-electron chi connectivity index (χ2n) is 5.81. The van der Waals surface area contributed by atoms with Gasteiger partial charge >= 0.3 is 0 Å². The summed E-state index contributed by atoms with van der Waals surface area (Å²) >= 11 is 0. The molecule has 2 rings (SSSR count). The van der Waals surface area contributed by atoms with E-state index in [1.54, 1.807) is 6.07 Å². The minimum atomic E-state index is -0.507. The lowest BCUT2D eigenvalue weighted by molar-refractivity contribution is -0.0634. The summed E-state index contributed by atoms with van der Waals surface area (Å²) in [5.41, 5.74) is 1.73. The molecule has 0 radical (unpaired) electrons. The van der Waals surface area contributed by atoms with E-state index in [9.17, 15) is 5.11 Å². The third-order valence-electron chi connectivity index (χ3n) is 3.72. The van der Waals surface area contributed by atoms with Crippen molar-refractivity contribution >= 4 is 0 Å². The second kappa shape index (κ2) is 8.86. The van der Waals surface area contributed by atoms with Crippen molar-refractivity contribution in [3.05, 3.63) is 35.4 Å². The highest BCUT2D eigenvalue weighted by Crippen LogP contribution is 2.11. The van der Waals surface area contributed by atoms with E-state index >= 15 is 0 Å². The number of rotatable bonds is 7. The van der Waals surface area contributed by atoms with Gasteiger partial charge in [0, 0.05) is 26.3 Å². The number of hydrogen-bond acceptors (Lipinski definition) is 5. The van der Waals surface area contributed by atoms with Crippen LogP contribution in [-0.2, 0) is 16.0 Å². The maximum Gasteiger partial charge on any atom is 0.0991 e. The third kappa shape index (κ3) is 5.74. The summed E-state index contributed by atoms with van der Waals surface area (Å²) in [7, 11) is 1.96. The van der Waals surface area contributed by atoms with Crippen LogP contribution < -0.4 is 0 Å². The first kappa shape index (κ1) is 16.9. The Labute approximate surface area is 132 Å².